The number of hydrogen-bond donors (Lipinski definition) is 1. The number of carbonyl (C=O) groups is 2. The zero-order valence-corrected chi connectivity index (χ0v) is 18.1. The van der Waals surface area contributed by atoms with E-state index < -0.39 is 24.0 Å². The highest BCUT2D eigenvalue weighted by molar-refractivity contribution is 6.24. The summed E-state index contributed by atoms with van der Waals surface area (Å²) in [5.41, 5.74) is 1.69. The third kappa shape index (κ3) is 3.60. The summed E-state index contributed by atoms with van der Waals surface area (Å²) in [6.45, 7) is 2.62. The molecule has 0 aliphatic carbocycles. The number of hydroxylamine groups is 1. The number of amides is 2. The molecule has 5 rings (SSSR count). The maximum Gasteiger partial charge on any atom is 0.266 e. The molecule has 2 aliphatic rings. The van der Waals surface area contributed by atoms with Crippen LogP contribution in [0.5, 0.6) is 11.5 Å². The standard InChI is InChI=1S/C26H24N2O5/c1-2-16-32-19-14-12-17(13-15-19)27-25(30)22-23(20-10-6-7-11-21(20)29)28(33-24(22)26(27)31)18-8-4-3-5-9-18/h3-15,22-24,29H,2,16H2,1H3/t22-,23-,24+/m1/s1. The third-order valence-corrected chi connectivity index (χ3v) is 5.95. The van der Waals surface area contributed by atoms with E-state index in [9.17, 15) is 14.7 Å². The summed E-state index contributed by atoms with van der Waals surface area (Å²) < 4.78 is 5.60. The minimum atomic E-state index is -0.988. The van der Waals surface area contributed by atoms with Crippen molar-refractivity contribution in [2.24, 2.45) is 5.92 Å². The van der Waals surface area contributed by atoms with Crippen molar-refractivity contribution in [3.63, 3.8) is 0 Å². The van der Waals surface area contributed by atoms with Crippen LogP contribution in [0.15, 0.2) is 78.9 Å². The molecule has 2 aliphatic heterocycles. The molecule has 0 radical (unpaired) electrons. The first kappa shape index (κ1) is 21.0. The Hall–Kier alpha value is -3.84. The van der Waals surface area contributed by atoms with Crippen molar-refractivity contribution < 1.29 is 24.3 Å². The Morgan fingerprint density at radius 3 is 2.27 bits per heavy atom. The van der Waals surface area contributed by atoms with Crippen molar-refractivity contribution in [1.82, 2.24) is 0 Å². The number of fused-ring (bicyclic) bond motifs is 1. The molecule has 2 amide bonds. The largest absolute Gasteiger partial charge is 0.508 e. The van der Waals surface area contributed by atoms with Gasteiger partial charge in [0.25, 0.3) is 5.91 Å². The van der Waals surface area contributed by atoms with E-state index in [4.69, 9.17) is 9.57 Å². The molecule has 0 bridgehead atoms. The molecule has 2 fully saturated rings. The lowest BCUT2D eigenvalue weighted by molar-refractivity contribution is -0.126. The topological polar surface area (TPSA) is 79.3 Å². The van der Waals surface area contributed by atoms with Crippen molar-refractivity contribution >= 4 is 23.2 Å². The van der Waals surface area contributed by atoms with Gasteiger partial charge in [-0.2, -0.15) is 0 Å². The summed E-state index contributed by atoms with van der Waals surface area (Å²) in [4.78, 5) is 34.2. The maximum atomic E-state index is 13.6. The lowest BCUT2D eigenvalue weighted by Gasteiger charge is -2.29. The Morgan fingerprint density at radius 2 is 1.58 bits per heavy atom. The normalized spacial score (nSPS) is 22.0. The Balaban J connectivity index is 1.51. The van der Waals surface area contributed by atoms with Crippen LogP contribution in [0, 0.1) is 5.92 Å². The van der Waals surface area contributed by atoms with E-state index in [1.165, 1.54) is 4.90 Å². The monoisotopic (exact) mass is 444 g/mol. The molecule has 7 heteroatoms. The van der Waals surface area contributed by atoms with Crippen molar-refractivity contribution in [1.29, 1.82) is 0 Å². The van der Waals surface area contributed by atoms with E-state index >= 15 is 0 Å². The van der Waals surface area contributed by atoms with Gasteiger partial charge in [0.2, 0.25) is 5.91 Å². The summed E-state index contributed by atoms with van der Waals surface area (Å²) in [7, 11) is 0. The fourth-order valence-electron chi connectivity index (χ4n) is 4.43. The van der Waals surface area contributed by atoms with Crippen LogP contribution in [0.4, 0.5) is 11.4 Å². The predicted octanol–water partition coefficient (Wildman–Crippen LogP) is 4.23. The number of aromatic hydroxyl groups is 1. The Morgan fingerprint density at radius 1 is 0.879 bits per heavy atom. The molecule has 33 heavy (non-hydrogen) atoms. The summed E-state index contributed by atoms with van der Waals surface area (Å²) in [5, 5.41) is 12.2. The van der Waals surface area contributed by atoms with E-state index in [-0.39, 0.29) is 11.7 Å². The number of ether oxygens (including phenoxy) is 1. The molecular weight excluding hydrogens is 420 g/mol. The molecule has 7 nitrogen and oxygen atoms in total. The Kier molecular flexibility index (Phi) is 5.48. The minimum Gasteiger partial charge on any atom is -0.508 e. The first-order valence-corrected chi connectivity index (χ1v) is 11.0. The summed E-state index contributed by atoms with van der Waals surface area (Å²) in [6.07, 6.45) is -0.102. The quantitative estimate of drug-likeness (QED) is 0.573. The van der Waals surface area contributed by atoms with Crippen molar-refractivity contribution in [3.05, 3.63) is 84.4 Å². The van der Waals surface area contributed by atoms with Crippen LogP contribution in [0.25, 0.3) is 0 Å². The zero-order chi connectivity index (χ0) is 22.9. The van der Waals surface area contributed by atoms with Gasteiger partial charge in [0.1, 0.15) is 17.4 Å². The second-order valence-corrected chi connectivity index (χ2v) is 8.07. The van der Waals surface area contributed by atoms with Gasteiger partial charge in [0.05, 0.1) is 24.0 Å². The molecule has 0 unspecified atom stereocenters. The van der Waals surface area contributed by atoms with Gasteiger partial charge in [-0.05, 0) is 48.9 Å². The lowest BCUT2D eigenvalue weighted by atomic mass is 9.90. The average molecular weight is 444 g/mol. The SMILES string of the molecule is CCCOc1ccc(N2C(=O)[C@H]3[C@H](ON(c4ccccc4)[C@@H]3c3ccccc3O)C2=O)cc1. The number of carbonyl (C=O) groups excluding carboxylic acids is 2. The van der Waals surface area contributed by atoms with Crippen molar-refractivity contribution in [2.75, 3.05) is 16.6 Å². The van der Waals surface area contributed by atoms with Gasteiger partial charge in [-0.1, -0.05) is 43.3 Å². The smallest absolute Gasteiger partial charge is 0.266 e. The van der Waals surface area contributed by atoms with E-state index in [1.807, 2.05) is 37.3 Å². The molecule has 0 saturated carbocycles. The average Bonchev–Trinajstić information content (AvgIpc) is 3.35. The first-order valence-electron chi connectivity index (χ1n) is 11.0. The second-order valence-electron chi connectivity index (χ2n) is 8.07. The number of nitrogens with zero attached hydrogens (tertiary/aromatic N) is 2. The number of imide groups is 1. The van der Waals surface area contributed by atoms with Crippen molar-refractivity contribution in [3.8, 4) is 11.5 Å². The molecule has 1 N–H and O–H groups in total. The van der Waals surface area contributed by atoms with Crippen LogP contribution < -0.4 is 14.7 Å². The van der Waals surface area contributed by atoms with E-state index in [0.29, 0.717) is 29.3 Å². The summed E-state index contributed by atoms with van der Waals surface area (Å²) in [5.74, 6) is -0.866. The number of phenols is 1. The molecule has 2 heterocycles. The molecule has 0 aromatic heterocycles. The summed E-state index contributed by atoms with van der Waals surface area (Å²) >= 11 is 0. The van der Waals surface area contributed by atoms with Gasteiger partial charge >= 0.3 is 0 Å². The summed E-state index contributed by atoms with van der Waals surface area (Å²) in [6, 6.07) is 22.3. The van der Waals surface area contributed by atoms with Crippen LogP contribution in [0.3, 0.4) is 0 Å². The maximum absolute atomic E-state index is 13.6. The number of hydrogen-bond acceptors (Lipinski definition) is 6. The van der Waals surface area contributed by atoms with Crippen LogP contribution in [0.1, 0.15) is 24.9 Å². The van der Waals surface area contributed by atoms with Gasteiger partial charge in [-0.15, -0.1) is 0 Å². The molecule has 3 atom stereocenters. The lowest BCUT2D eigenvalue weighted by Crippen LogP contribution is -2.37. The van der Waals surface area contributed by atoms with E-state index in [0.717, 1.165) is 6.42 Å². The van der Waals surface area contributed by atoms with Crippen LogP contribution in [-0.4, -0.2) is 29.6 Å². The third-order valence-electron chi connectivity index (χ3n) is 5.95. The van der Waals surface area contributed by atoms with Crippen LogP contribution >= 0.6 is 0 Å². The molecule has 2 saturated heterocycles. The van der Waals surface area contributed by atoms with E-state index in [1.54, 1.807) is 53.6 Å². The van der Waals surface area contributed by atoms with Gasteiger partial charge in [-0.3, -0.25) is 14.4 Å². The number of benzene rings is 3. The van der Waals surface area contributed by atoms with Crippen LogP contribution in [-0.2, 0) is 14.4 Å². The molecule has 168 valence electrons. The van der Waals surface area contributed by atoms with Crippen LogP contribution in [0.2, 0.25) is 0 Å². The highest BCUT2D eigenvalue weighted by Crippen LogP contribution is 2.49. The predicted molar refractivity (Wildman–Crippen MR) is 123 cm³/mol. The Labute approximate surface area is 191 Å². The number of phenolic OH excluding ortho intramolecular Hbond substituents is 1. The van der Waals surface area contributed by atoms with Gasteiger partial charge in [-0.25, -0.2) is 9.96 Å². The zero-order valence-electron chi connectivity index (χ0n) is 18.1. The van der Waals surface area contributed by atoms with Gasteiger partial charge in [0, 0.05) is 5.56 Å². The molecular formula is C26H24N2O5. The van der Waals surface area contributed by atoms with Gasteiger partial charge < -0.3 is 9.84 Å². The molecule has 0 spiro atoms. The van der Waals surface area contributed by atoms with E-state index in [2.05, 4.69) is 0 Å². The minimum absolute atomic E-state index is 0.0452. The van der Waals surface area contributed by atoms with Crippen molar-refractivity contribution in [2.45, 2.75) is 25.5 Å². The number of rotatable bonds is 6. The second kappa shape index (κ2) is 8.60. The molecule has 3 aromatic rings. The van der Waals surface area contributed by atoms with Gasteiger partial charge in [0.15, 0.2) is 6.10 Å². The fourth-order valence-corrected chi connectivity index (χ4v) is 4.43. The Bertz CT molecular complexity index is 1160. The number of anilines is 2. The highest BCUT2D eigenvalue weighted by atomic mass is 16.7. The number of para-hydroxylation sites is 2. The highest BCUT2D eigenvalue weighted by Gasteiger charge is 2.60. The first-order chi connectivity index (χ1) is 16.1. The molecule has 3 aromatic carbocycles. The fraction of sp³-hybridized carbons (Fsp3) is 0.231.